The van der Waals surface area contributed by atoms with Crippen LogP contribution in [-0.4, -0.2) is 16.6 Å². The summed E-state index contributed by atoms with van der Waals surface area (Å²) in [6, 6.07) is 7.02. The van der Waals surface area contributed by atoms with E-state index in [1.165, 1.54) is 68.7 Å². The summed E-state index contributed by atoms with van der Waals surface area (Å²) < 4.78 is 7.30. The van der Waals surface area contributed by atoms with Crippen molar-refractivity contribution in [1.29, 1.82) is 0 Å². The van der Waals surface area contributed by atoms with E-state index in [0.29, 0.717) is 5.04 Å². The molecule has 1 heterocycles. The maximum Gasteiger partial charge on any atom is 0.185 e. The zero-order chi connectivity index (χ0) is 14.0. The van der Waals surface area contributed by atoms with Crippen LogP contribution in [0.15, 0.2) is 0 Å². The van der Waals surface area contributed by atoms with Gasteiger partial charge >= 0.3 is 0 Å². The third kappa shape index (κ3) is 2.75. The third-order valence-electron chi connectivity index (χ3n) is 6.52. The molecule has 0 aromatic heterocycles. The monoisotopic (exact) mass is 298 g/mol. The molecular formula is C16H34OSi2. The van der Waals surface area contributed by atoms with Crippen LogP contribution < -0.4 is 0 Å². The van der Waals surface area contributed by atoms with Gasteiger partial charge in [-0.3, -0.25) is 0 Å². The highest BCUT2D eigenvalue weighted by Gasteiger charge is 2.54. The quantitative estimate of drug-likeness (QED) is 0.540. The Bertz CT molecular complexity index is 287. The van der Waals surface area contributed by atoms with Crippen LogP contribution >= 0.6 is 0 Å². The minimum Gasteiger partial charge on any atom is -0.454 e. The largest absolute Gasteiger partial charge is 0.454 e. The van der Waals surface area contributed by atoms with Crippen molar-refractivity contribution >= 4 is 16.6 Å². The van der Waals surface area contributed by atoms with E-state index in [9.17, 15) is 0 Å². The van der Waals surface area contributed by atoms with E-state index in [4.69, 9.17) is 4.12 Å². The Morgan fingerprint density at radius 1 is 0.947 bits per heavy atom. The average molecular weight is 299 g/mol. The van der Waals surface area contributed by atoms with Crippen molar-refractivity contribution in [3.05, 3.63) is 0 Å². The molecule has 0 atom stereocenters. The van der Waals surface area contributed by atoms with Gasteiger partial charge in [0, 0.05) is 0 Å². The van der Waals surface area contributed by atoms with Crippen LogP contribution in [0.1, 0.15) is 66.2 Å². The molecule has 1 saturated carbocycles. The highest BCUT2D eigenvalue weighted by Crippen LogP contribution is 2.56. The molecule has 1 saturated heterocycles. The van der Waals surface area contributed by atoms with Crippen molar-refractivity contribution in [2.24, 2.45) is 0 Å². The van der Waals surface area contributed by atoms with Crippen LogP contribution in [0.2, 0.25) is 35.3 Å². The summed E-state index contributed by atoms with van der Waals surface area (Å²) in [5.74, 6) is 0. The van der Waals surface area contributed by atoms with Crippen molar-refractivity contribution in [2.45, 2.75) is 101 Å². The summed E-state index contributed by atoms with van der Waals surface area (Å²) in [5.41, 5.74) is 0. The molecule has 1 aliphatic heterocycles. The lowest BCUT2D eigenvalue weighted by Crippen LogP contribution is -2.55. The van der Waals surface area contributed by atoms with E-state index in [1.807, 2.05) is 0 Å². The summed E-state index contributed by atoms with van der Waals surface area (Å²) in [4.78, 5) is 0. The first-order valence-electron chi connectivity index (χ1n) is 8.75. The topological polar surface area (TPSA) is 9.23 Å². The van der Waals surface area contributed by atoms with Crippen LogP contribution in [0.4, 0.5) is 0 Å². The Morgan fingerprint density at radius 3 is 1.89 bits per heavy atom. The minimum absolute atomic E-state index is 0.592. The first-order valence-corrected chi connectivity index (χ1v) is 13.6. The Morgan fingerprint density at radius 2 is 1.47 bits per heavy atom. The van der Waals surface area contributed by atoms with Crippen molar-refractivity contribution in [3.8, 4) is 0 Å². The van der Waals surface area contributed by atoms with Crippen LogP contribution in [0.3, 0.4) is 0 Å². The molecule has 0 aromatic carbocycles. The third-order valence-corrected chi connectivity index (χ3v) is 18.6. The molecule has 0 bridgehead atoms. The second-order valence-electron chi connectivity index (χ2n) is 7.31. The summed E-state index contributed by atoms with van der Waals surface area (Å²) in [7, 11) is -2.87. The highest BCUT2D eigenvalue weighted by atomic mass is 28.4. The Hall–Kier alpha value is 0.394. The molecule has 0 radical (unpaired) electrons. The van der Waals surface area contributed by atoms with E-state index in [1.54, 1.807) is 0 Å². The van der Waals surface area contributed by atoms with Gasteiger partial charge in [0.15, 0.2) is 16.6 Å². The lowest BCUT2D eigenvalue weighted by Gasteiger charge is -2.49. The number of rotatable bonds is 6. The lowest BCUT2D eigenvalue weighted by atomic mass is 10.1. The lowest BCUT2D eigenvalue weighted by molar-refractivity contribution is 0.434. The predicted octanol–water partition coefficient (Wildman–Crippen LogP) is 6.08. The Labute approximate surface area is 122 Å². The summed E-state index contributed by atoms with van der Waals surface area (Å²) in [5, 5.41) is 0.592. The molecule has 1 aliphatic carbocycles. The maximum atomic E-state index is 7.30. The van der Waals surface area contributed by atoms with Crippen LogP contribution in [-0.2, 0) is 4.12 Å². The average Bonchev–Trinajstić information content (AvgIpc) is 3.07. The first kappa shape index (κ1) is 15.8. The molecule has 2 aliphatic rings. The van der Waals surface area contributed by atoms with Gasteiger partial charge in [0.1, 0.15) is 0 Å². The van der Waals surface area contributed by atoms with Gasteiger partial charge in [-0.2, -0.15) is 0 Å². The molecule has 0 unspecified atom stereocenters. The summed E-state index contributed by atoms with van der Waals surface area (Å²) in [6.07, 6.45) is 8.72. The maximum absolute atomic E-state index is 7.30. The smallest absolute Gasteiger partial charge is 0.185 e. The normalized spacial score (nSPS) is 25.9. The predicted molar refractivity (Wildman–Crippen MR) is 89.7 cm³/mol. The second-order valence-corrected chi connectivity index (χ2v) is 16.8. The zero-order valence-electron chi connectivity index (χ0n) is 13.7. The van der Waals surface area contributed by atoms with Crippen LogP contribution in [0.5, 0.6) is 0 Å². The zero-order valence-corrected chi connectivity index (χ0v) is 15.7. The molecule has 112 valence electrons. The minimum atomic E-state index is -1.53. The Kier molecular flexibility index (Phi) is 5.00. The van der Waals surface area contributed by atoms with Gasteiger partial charge in [-0.05, 0) is 48.1 Å². The number of hydrogen-bond acceptors (Lipinski definition) is 1. The van der Waals surface area contributed by atoms with E-state index >= 15 is 0 Å². The molecule has 3 heteroatoms. The van der Waals surface area contributed by atoms with E-state index in [2.05, 4.69) is 27.7 Å². The fourth-order valence-corrected chi connectivity index (χ4v) is 18.0. The van der Waals surface area contributed by atoms with Gasteiger partial charge in [0.25, 0.3) is 0 Å². The molecule has 2 rings (SSSR count). The summed E-state index contributed by atoms with van der Waals surface area (Å²) >= 11 is 0. The van der Waals surface area contributed by atoms with Gasteiger partial charge in [-0.25, -0.2) is 0 Å². The van der Waals surface area contributed by atoms with Crippen molar-refractivity contribution in [1.82, 2.24) is 0 Å². The fraction of sp³-hybridized carbons (Fsp3) is 1.00. The van der Waals surface area contributed by atoms with Gasteiger partial charge in [0.05, 0.1) is 0 Å². The molecule has 19 heavy (non-hydrogen) atoms. The van der Waals surface area contributed by atoms with Crippen molar-refractivity contribution < 1.29 is 4.12 Å². The van der Waals surface area contributed by atoms with Crippen molar-refractivity contribution in [3.63, 3.8) is 0 Å². The molecule has 0 aromatic rings. The van der Waals surface area contributed by atoms with Crippen LogP contribution in [0.25, 0.3) is 0 Å². The van der Waals surface area contributed by atoms with Gasteiger partial charge in [-0.1, -0.05) is 53.4 Å². The molecule has 1 nitrogen and oxygen atoms in total. The highest BCUT2D eigenvalue weighted by molar-refractivity contribution is 6.88. The van der Waals surface area contributed by atoms with Gasteiger partial charge in [-0.15, -0.1) is 0 Å². The van der Waals surface area contributed by atoms with E-state index in [0.717, 1.165) is 0 Å². The number of hydrogen-bond donors (Lipinski definition) is 0. The molecule has 2 fully saturated rings. The fourth-order valence-electron chi connectivity index (χ4n) is 4.94. The molecule has 0 amide bonds. The Balaban J connectivity index is 2.23. The van der Waals surface area contributed by atoms with Gasteiger partial charge < -0.3 is 4.12 Å². The summed E-state index contributed by atoms with van der Waals surface area (Å²) in [6.45, 7) is 9.88. The first-order chi connectivity index (χ1) is 9.05. The standard InChI is InChI=1S/C16H34OSi2/c1-5-18(14-10-11-15-18)17-19(6-2,7-3)16(4)12-8-9-13-16/h5-15H2,1-4H3. The molecule has 0 spiro atoms. The molecular weight excluding hydrogens is 264 g/mol. The second kappa shape index (κ2) is 6.02. The van der Waals surface area contributed by atoms with E-state index in [-0.39, 0.29) is 0 Å². The van der Waals surface area contributed by atoms with Crippen LogP contribution in [0, 0.1) is 0 Å². The SMILES string of the molecule is CC[Si]1(O[Si](CC)(CC)C2(C)CCCC2)CCCC1. The van der Waals surface area contributed by atoms with E-state index < -0.39 is 16.6 Å². The van der Waals surface area contributed by atoms with Gasteiger partial charge in [0.2, 0.25) is 0 Å². The van der Waals surface area contributed by atoms with Crippen molar-refractivity contribution in [2.75, 3.05) is 0 Å². The molecule has 0 N–H and O–H groups in total.